The van der Waals surface area contributed by atoms with Crippen LogP contribution in [-0.2, 0) is 17.6 Å². The SMILES string of the molecule is Cc1cccc(Nc2nnc(SCC(=O)Nc3sc4c(c3C#N)CCCC4)s2)c1C. The minimum absolute atomic E-state index is 0.130. The maximum Gasteiger partial charge on any atom is 0.235 e. The van der Waals surface area contributed by atoms with Crippen molar-refractivity contribution in [3.05, 3.63) is 45.3 Å². The molecule has 4 rings (SSSR count). The van der Waals surface area contributed by atoms with Crippen LogP contribution in [-0.4, -0.2) is 21.9 Å². The predicted octanol–water partition coefficient (Wildman–Crippen LogP) is 5.44. The van der Waals surface area contributed by atoms with Gasteiger partial charge in [-0.3, -0.25) is 4.79 Å². The van der Waals surface area contributed by atoms with Crippen molar-refractivity contribution in [2.24, 2.45) is 0 Å². The Hall–Kier alpha value is -2.41. The zero-order valence-corrected chi connectivity index (χ0v) is 19.2. The van der Waals surface area contributed by atoms with Crippen molar-refractivity contribution < 1.29 is 4.79 Å². The number of thiophene rings is 1. The highest BCUT2D eigenvalue weighted by Gasteiger charge is 2.22. The molecule has 1 aliphatic rings. The van der Waals surface area contributed by atoms with Crippen LogP contribution in [0, 0.1) is 25.2 Å². The summed E-state index contributed by atoms with van der Waals surface area (Å²) >= 11 is 4.31. The maximum atomic E-state index is 12.5. The molecule has 3 aromatic rings. The topological polar surface area (TPSA) is 90.7 Å². The van der Waals surface area contributed by atoms with E-state index < -0.39 is 0 Å². The quantitative estimate of drug-likeness (QED) is 0.481. The molecule has 0 saturated heterocycles. The molecule has 1 aromatic carbocycles. The lowest BCUT2D eigenvalue weighted by molar-refractivity contribution is -0.113. The summed E-state index contributed by atoms with van der Waals surface area (Å²) in [5.74, 6) is 0.0975. The number of hydrogen-bond acceptors (Lipinski definition) is 8. The van der Waals surface area contributed by atoms with E-state index in [1.165, 1.54) is 39.1 Å². The van der Waals surface area contributed by atoms with Crippen molar-refractivity contribution in [2.45, 2.75) is 43.9 Å². The van der Waals surface area contributed by atoms with Gasteiger partial charge in [0.2, 0.25) is 11.0 Å². The van der Waals surface area contributed by atoms with Crippen molar-refractivity contribution in [1.29, 1.82) is 5.26 Å². The highest BCUT2D eigenvalue weighted by atomic mass is 32.2. The molecule has 0 unspecified atom stereocenters. The van der Waals surface area contributed by atoms with E-state index in [0.29, 0.717) is 15.7 Å². The first-order chi connectivity index (χ1) is 14.5. The smallest absolute Gasteiger partial charge is 0.235 e. The molecular formula is C21H21N5OS3. The van der Waals surface area contributed by atoms with E-state index in [1.54, 1.807) is 11.3 Å². The summed E-state index contributed by atoms with van der Waals surface area (Å²) < 4.78 is 0.726. The summed E-state index contributed by atoms with van der Waals surface area (Å²) in [5, 5.41) is 25.5. The Balaban J connectivity index is 1.36. The molecule has 0 atom stereocenters. The van der Waals surface area contributed by atoms with Crippen LogP contribution in [0.4, 0.5) is 15.8 Å². The van der Waals surface area contributed by atoms with Gasteiger partial charge in [0.15, 0.2) is 4.34 Å². The van der Waals surface area contributed by atoms with Gasteiger partial charge in [-0.2, -0.15) is 5.26 Å². The van der Waals surface area contributed by atoms with Gasteiger partial charge < -0.3 is 10.6 Å². The third kappa shape index (κ3) is 4.51. The molecule has 0 bridgehead atoms. The third-order valence-corrected chi connectivity index (χ3v) is 8.29. The van der Waals surface area contributed by atoms with Crippen LogP contribution in [0.3, 0.4) is 0 Å². The third-order valence-electron chi connectivity index (χ3n) is 5.12. The van der Waals surface area contributed by atoms with E-state index in [9.17, 15) is 10.1 Å². The number of fused-ring (bicyclic) bond motifs is 1. The fourth-order valence-electron chi connectivity index (χ4n) is 3.38. The monoisotopic (exact) mass is 455 g/mol. The Morgan fingerprint density at radius 2 is 2.07 bits per heavy atom. The summed E-state index contributed by atoms with van der Waals surface area (Å²) in [5.41, 5.74) is 5.16. The van der Waals surface area contributed by atoms with Gasteiger partial charge in [-0.05, 0) is 62.3 Å². The fourth-order valence-corrected chi connectivity index (χ4v) is 6.20. The molecule has 0 fully saturated rings. The summed E-state index contributed by atoms with van der Waals surface area (Å²) in [7, 11) is 0. The van der Waals surface area contributed by atoms with E-state index in [-0.39, 0.29) is 11.7 Å². The van der Waals surface area contributed by atoms with Crippen molar-refractivity contribution >= 4 is 56.2 Å². The number of thioether (sulfide) groups is 1. The van der Waals surface area contributed by atoms with Crippen molar-refractivity contribution in [3.8, 4) is 6.07 Å². The van der Waals surface area contributed by atoms with E-state index in [1.807, 2.05) is 12.1 Å². The Kier molecular flexibility index (Phi) is 6.37. The number of nitrogens with zero attached hydrogens (tertiary/aromatic N) is 3. The van der Waals surface area contributed by atoms with Gasteiger partial charge in [0.25, 0.3) is 0 Å². The van der Waals surface area contributed by atoms with Gasteiger partial charge in [-0.1, -0.05) is 35.2 Å². The summed E-state index contributed by atoms with van der Waals surface area (Å²) in [4.78, 5) is 13.7. The predicted molar refractivity (Wildman–Crippen MR) is 124 cm³/mol. The molecule has 2 aromatic heterocycles. The number of hydrogen-bond donors (Lipinski definition) is 2. The Bertz CT molecular complexity index is 1130. The number of benzene rings is 1. The van der Waals surface area contributed by atoms with Gasteiger partial charge in [-0.15, -0.1) is 21.5 Å². The second-order valence-electron chi connectivity index (χ2n) is 7.11. The van der Waals surface area contributed by atoms with Crippen LogP contribution in [0.1, 0.15) is 40.0 Å². The molecule has 9 heteroatoms. The molecule has 1 amide bonds. The first-order valence-electron chi connectivity index (χ1n) is 9.69. The lowest BCUT2D eigenvalue weighted by Crippen LogP contribution is -2.13. The first kappa shape index (κ1) is 20.8. The van der Waals surface area contributed by atoms with Gasteiger partial charge in [0.1, 0.15) is 11.1 Å². The maximum absolute atomic E-state index is 12.5. The largest absolute Gasteiger partial charge is 0.330 e. The highest BCUT2D eigenvalue weighted by Crippen LogP contribution is 2.38. The van der Waals surface area contributed by atoms with E-state index in [0.717, 1.165) is 41.3 Å². The second-order valence-corrected chi connectivity index (χ2v) is 10.4. The molecule has 154 valence electrons. The second kappa shape index (κ2) is 9.16. The Morgan fingerprint density at radius 3 is 2.90 bits per heavy atom. The van der Waals surface area contributed by atoms with Crippen LogP contribution in [0.25, 0.3) is 0 Å². The number of aromatic nitrogens is 2. The zero-order valence-electron chi connectivity index (χ0n) is 16.7. The number of anilines is 3. The molecule has 1 aliphatic carbocycles. The number of nitrogens with one attached hydrogen (secondary N) is 2. The van der Waals surface area contributed by atoms with E-state index in [2.05, 4.69) is 46.8 Å². The molecule has 2 heterocycles. The van der Waals surface area contributed by atoms with Gasteiger partial charge in [-0.25, -0.2) is 0 Å². The van der Waals surface area contributed by atoms with Crippen LogP contribution in [0.5, 0.6) is 0 Å². The normalized spacial score (nSPS) is 12.8. The standard InChI is InChI=1S/C21H21N5OS3/c1-12-6-5-8-16(13(12)2)23-20-25-26-21(30-20)28-11-18(27)24-19-15(10-22)14-7-3-4-9-17(14)29-19/h5-6,8H,3-4,7,9,11H2,1-2H3,(H,23,25)(H,24,27). The number of carbonyl (C=O) groups excluding carboxylic acids is 1. The van der Waals surface area contributed by atoms with Gasteiger partial charge in [0, 0.05) is 10.6 Å². The molecular weight excluding hydrogens is 434 g/mol. The van der Waals surface area contributed by atoms with Crippen LogP contribution in [0.15, 0.2) is 22.5 Å². The summed E-state index contributed by atoms with van der Waals surface area (Å²) in [6.07, 6.45) is 4.19. The number of nitriles is 1. The molecule has 6 nitrogen and oxygen atoms in total. The van der Waals surface area contributed by atoms with E-state index >= 15 is 0 Å². The zero-order chi connectivity index (χ0) is 21.1. The number of amides is 1. The Morgan fingerprint density at radius 1 is 1.23 bits per heavy atom. The molecule has 0 spiro atoms. The van der Waals surface area contributed by atoms with Crippen LogP contribution in [0.2, 0.25) is 0 Å². The number of rotatable bonds is 6. The highest BCUT2D eigenvalue weighted by molar-refractivity contribution is 8.01. The van der Waals surface area contributed by atoms with Gasteiger partial charge in [0.05, 0.1) is 11.3 Å². The molecule has 2 N–H and O–H groups in total. The van der Waals surface area contributed by atoms with Crippen molar-refractivity contribution in [2.75, 3.05) is 16.4 Å². The van der Waals surface area contributed by atoms with E-state index in [4.69, 9.17) is 0 Å². The lowest BCUT2D eigenvalue weighted by atomic mass is 9.96. The molecule has 0 saturated carbocycles. The molecule has 0 radical (unpaired) electrons. The number of carbonyl (C=O) groups is 1. The average molecular weight is 456 g/mol. The van der Waals surface area contributed by atoms with Gasteiger partial charge >= 0.3 is 0 Å². The average Bonchev–Trinajstić information content (AvgIpc) is 3.33. The van der Waals surface area contributed by atoms with Crippen molar-refractivity contribution in [1.82, 2.24) is 10.2 Å². The van der Waals surface area contributed by atoms with Crippen LogP contribution < -0.4 is 10.6 Å². The number of aryl methyl sites for hydroxylation is 2. The minimum atomic E-state index is -0.130. The fraction of sp³-hybridized carbons (Fsp3) is 0.333. The first-order valence-corrected chi connectivity index (χ1v) is 12.3. The molecule has 0 aliphatic heterocycles. The van der Waals surface area contributed by atoms with Crippen molar-refractivity contribution in [3.63, 3.8) is 0 Å². The summed E-state index contributed by atoms with van der Waals surface area (Å²) in [6, 6.07) is 8.36. The Labute approximate surface area is 187 Å². The summed E-state index contributed by atoms with van der Waals surface area (Å²) in [6.45, 7) is 4.14. The van der Waals surface area contributed by atoms with Crippen LogP contribution >= 0.6 is 34.4 Å². The lowest BCUT2D eigenvalue weighted by Gasteiger charge is -2.09. The molecule has 30 heavy (non-hydrogen) atoms. The minimum Gasteiger partial charge on any atom is -0.330 e.